The Morgan fingerprint density at radius 3 is 2.67 bits per heavy atom. The van der Waals surface area contributed by atoms with Crippen LogP contribution < -0.4 is 5.73 Å². The molecule has 0 spiro atoms. The largest absolute Gasteiger partial charge is 0.398 e. The molecule has 0 radical (unpaired) electrons. The number of nitrogens with two attached hydrogens (primary N) is 1. The third-order valence-electron chi connectivity index (χ3n) is 3.25. The van der Waals surface area contributed by atoms with Gasteiger partial charge in [0.15, 0.2) is 17.5 Å². The molecule has 0 amide bonds. The number of nitrogens with zero attached hydrogens (tertiary/aromatic N) is 4. The fraction of sp³-hybridized carbons (Fsp3) is 0.0714. The SMILES string of the molecule is Cc1c(N)cccc1-c1nnnn1-c1cccc(F)c1F. The first-order valence-electron chi connectivity index (χ1n) is 6.18. The molecule has 21 heavy (non-hydrogen) atoms. The van der Waals surface area contributed by atoms with E-state index in [1.54, 1.807) is 18.2 Å². The molecule has 0 saturated heterocycles. The highest BCUT2D eigenvalue weighted by Gasteiger charge is 2.18. The molecule has 3 rings (SSSR count). The third-order valence-corrected chi connectivity index (χ3v) is 3.25. The molecule has 0 bridgehead atoms. The van der Waals surface area contributed by atoms with Crippen molar-refractivity contribution in [1.82, 2.24) is 20.2 Å². The molecule has 0 atom stereocenters. The first kappa shape index (κ1) is 13.2. The summed E-state index contributed by atoms with van der Waals surface area (Å²) in [5.41, 5.74) is 7.80. The van der Waals surface area contributed by atoms with E-state index in [1.807, 2.05) is 6.92 Å². The maximum atomic E-state index is 13.9. The second kappa shape index (κ2) is 4.93. The number of benzene rings is 2. The van der Waals surface area contributed by atoms with Crippen molar-refractivity contribution in [3.8, 4) is 17.1 Å². The summed E-state index contributed by atoms with van der Waals surface area (Å²) in [6.45, 7) is 1.81. The smallest absolute Gasteiger partial charge is 0.187 e. The topological polar surface area (TPSA) is 69.6 Å². The molecule has 7 heteroatoms. The van der Waals surface area contributed by atoms with Crippen molar-refractivity contribution in [2.45, 2.75) is 6.92 Å². The molecule has 1 heterocycles. The van der Waals surface area contributed by atoms with E-state index in [9.17, 15) is 8.78 Å². The monoisotopic (exact) mass is 287 g/mol. The first-order valence-corrected chi connectivity index (χ1v) is 6.18. The van der Waals surface area contributed by atoms with E-state index >= 15 is 0 Å². The molecule has 0 unspecified atom stereocenters. The normalized spacial score (nSPS) is 10.8. The van der Waals surface area contributed by atoms with Crippen molar-refractivity contribution < 1.29 is 8.78 Å². The number of nitrogen functional groups attached to an aromatic ring is 1. The standard InChI is InChI=1S/C14H11F2N5/c1-8-9(4-2-6-11(8)17)14-18-19-20-21(14)12-7-3-5-10(15)13(12)16/h2-7H,17H2,1H3. The van der Waals surface area contributed by atoms with Gasteiger partial charge in [0.25, 0.3) is 0 Å². The predicted octanol–water partition coefficient (Wildman–Crippen LogP) is 2.50. The van der Waals surface area contributed by atoms with Gasteiger partial charge < -0.3 is 5.73 Å². The first-order chi connectivity index (χ1) is 10.1. The minimum atomic E-state index is -1.01. The minimum absolute atomic E-state index is 0.0585. The summed E-state index contributed by atoms with van der Waals surface area (Å²) in [6.07, 6.45) is 0. The maximum absolute atomic E-state index is 13.9. The average molecular weight is 287 g/mol. The van der Waals surface area contributed by atoms with Gasteiger partial charge in [-0.15, -0.1) is 5.10 Å². The number of anilines is 1. The van der Waals surface area contributed by atoms with E-state index in [0.29, 0.717) is 17.1 Å². The van der Waals surface area contributed by atoms with Crippen molar-refractivity contribution in [1.29, 1.82) is 0 Å². The second-order valence-corrected chi connectivity index (χ2v) is 4.51. The molecule has 0 saturated carbocycles. The van der Waals surface area contributed by atoms with Gasteiger partial charge in [-0.25, -0.2) is 8.78 Å². The molecule has 2 N–H and O–H groups in total. The lowest BCUT2D eigenvalue weighted by molar-refractivity contribution is 0.501. The van der Waals surface area contributed by atoms with Crippen LogP contribution in [0.25, 0.3) is 17.1 Å². The summed E-state index contributed by atoms with van der Waals surface area (Å²) in [5, 5.41) is 11.2. The highest BCUT2D eigenvalue weighted by Crippen LogP contribution is 2.27. The molecular formula is C14H11F2N5. The van der Waals surface area contributed by atoms with Crippen LogP contribution in [0, 0.1) is 18.6 Å². The van der Waals surface area contributed by atoms with Crippen LogP contribution in [-0.2, 0) is 0 Å². The summed E-state index contributed by atoms with van der Waals surface area (Å²) >= 11 is 0. The Morgan fingerprint density at radius 2 is 1.86 bits per heavy atom. The Balaban J connectivity index is 2.22. The third kappa shape index (κ3) is 2.12. The molecule has 3 aromatic rings. The fourth-order valence-corrected chi connectivity index (χ4v) is 2.07. The molecule has 0 aliphatic heterocycles. The summed E-state index contributed by atoms with van der Waals surface area (Å²) in [6, 6.07) is 9.10. The van der Waals surface area contributed by atoms with Crippen LogP contribution in [0.15, 0.2) is 36.4 Å². The summed E-state index contributed by atoms with van der Waals surface area (Å²) in [7, 11) is 0. The fourth-order valence-electron chi connectivity index (χ4n) is 2.07. The molecule has 106 valence electrons. The highest BCUT2D eigenvalue weighted by atomic mass is 19.2. The van der Waals surface area contributed by atoms with Crippen LogP contribution in [0.2, 0.25) is 0 Å². The van der Waals surface area contributed by atoms with Gasteiger partial charge in [-0.2, -0.15) is 4.68 Å². The van der Waals surface area contributed by atoms with Crippen molar-refractivity contribution in [3.05, 3.63) is 53.6 Å². The lowest BCUT2D eigenvalue weighted by atomic mass is 10.1. The predicted molar refractivity (Wildman–Crippen MR) is 73.7 cm³/mol. The Kier molecular flexibility index (Phi) is 3.09. The quantitative estimate of drug-likeness (QED) is 0.735. The number of tetrazole rings is 1. The summed E-state index contributed by atoms with van der Waals surface area (Å²) in [4.78, 5) is 0. The summed E-state index contributed by atoms with van der Waals surface area (Å²) in [5.74, 6) is -1.67. The van der Waals surface area contributed by atoms with Crippen LogP contribution >= 0.6 is 0 Å². The van der Waals surface area contributed by atoms with E-state index in [-0.39, 0.29) is 5.69 Å². The molecule has 0 fully saturated rings. The van der Waals surface area contributed by atoms with Gasteiger partial charge in [0.1, 0.15) is 5.69 Å². The molecular weight excluding hydrogens is 276 g/mol. The molecule has 1 aromatic heterocycles. The van der Waals surface area contributed by atoms with Crippen molar-refractivity contribution in [2.24, 2.45) is 0 Å². The Labute approximate surface area is 119 Å². The van der Waals surface area contributed by atoms with Crippen LogP contribution in [0.5, 0.6) is 0 Å². The Hall–Kier alpha value is -2.83. The average Bonchev–Trinajstić information content (AvgIpc) is 2.94. The highest BCUT2D eigenvalue weighted by molar-refractivity contribution is 5.68. The molecule has 0 aliphatic carbocycles. The van der Waals surface area contributed by atoms with Gasteiger partial charge in [-0.1, -0.05) is 18.2 Å². The van der Waals surface area contributed by atoms with E-state index in [0.717, 1.165) is 16.3 Å². The van der Waals surface area contributed by atoms with Gasteiger partial charge in [0, 0.05) is 11.3 Å². The zero-order valence-corrected chi connectivity index (χ0v) is 11.1. The zero-order chi connectivity index (χ0) is 15.0. The van der Waals surface area contributed by atoms with Gasteiger partial charge in [0.2, 0.25) is 0 Å². The van der Waals surface area contributed by atoms with Gasteiger partial charge in [0.05, 0.1) is 0 Å². The van der Waals surface area contributed by atoms with Gasteiger partial charge in [-0.3, -0.25) is 0 Å². The Morgan fingerprint density at radius 1 is 1.10 bits per heavy atom. The van der Waals surface area contributed by atoms with Crippen LogP contribution in [0.4, 0.5) is 14.5 Å². The van der Waals surface area contributed by atoms with Crippen LogP contribution in [0.1, 0.15) is 5.56 Å². The van der Waals surface area contributed by atoms with Gasteiger partial charge in [-0.05, 0) is 41.1 Å². The van der Waals surface area contributed by atoms with Crippen molar-refractivity contribution >= 4 is 5.69 Å². The zero-order valence-electron chi connectivity index (χ0n) is 11.1. The van der Waals surface area contributed by atoms with E-state index < -0.39 is 11.6 Å². The molecule has 2 aromatic carbocycles. The molecule has 5 nitrogen and oxygen atoms in total. The van der Waals surface area contributed by atoms with Gasteiger partial charge >= 0.3 is 0 Å². The van der Waals surface area contributed by atoms with E-state index in [4.69, 9.17) is 5.73 Å². The minimum Gasteiger partial charge on any atom is -0.398 e. The second-order valence-electron chi connectivity index (χ2n) is 4.51. The number of rotatable bonds is 2. The summed E-state index contributed by atoms with van der Waals surface area (Å²) < 4.78 is 28.4. The van der Waals surface area contributed by atoms with E-state index in [2.05, 4.69) is 15.5 Å². The number of aromatic nitrogens is 4. The van der Waals surface area contributed by atoms with E-state index in [1.165, 1.54) is 12.1 Å². The maximum Gasteiger partial charge on any atom is 0.187 e. The van der Waals surface area contributed by atoms with Crippen molar-refractivity contribution in [2.75, 3.05) is 5.73 Å². The molecule has 0 aliphatic rings. The van der Waals surface area contributed by atoms with Crippen LogP contribution in [-0.4, -0.2) is 20.2 Å². The lowest BCUT2D eigenvalue weighted by Gasteiger charge is -2.09. The number of hydrogen-bond donors (Lipinski definition) is 1. The Bertz CT molecular complexity index is 747. The lowest BCUT2D eigenvalue weighted by Crippen LogP contribution is -2.05. The van der Waals surface area contributed by atoms with Crippen molar-refractivity contribution in [3.63, 3.8) is 0 Å². The number of halogens is 2. The number of hydrogen-bond acceptors (Lipinski definition) is 4. The van der Waals surface area contributed by atoms with Crippen LogP contribution in [0.3, 0.4) is 0 Å².